The van der Waals surface area contributed by atoms with Crippen LogP contribution in [0.4, 0.5) is 0 Å². The minimum Gasteiger partial charge on any atom is -0.469 e. The minimum atomic E-state index is -1.55. The summed E-state index contributed by atoms with van der Waals surface area (Å²) in [5.41, 5.74) is 1.18. The molecule has 2 nitrogen and oxygen atoms in total. The highest BCUT2D eigenvalue weighted by Gasteiger charge is 2.36. The van der Waals surface area contributed by atoms with Gasteiger partial charge in [-0.1, -0.05) is 68.9 Å². The van der Waals surface area contributed by atoms with Gasteiger partial charge in [-0.3, -0.25) is 4.79 Å². The van der Waals surface area contributed by atoms with E-state index in [0.29, 0.717) is 6.42 Å². The largest absolute Gasteiger partial charge is 0.469 e. The summed E-state index contributed by atoms with van der Waals surface area (Å²) in [7, 11) is -0.0987. The zero-order valence-corrected chi connectivity index (χ0v) is 14.6. The normalized spacial score (nSPS) is 12.2. The number of rotatable bonds is 6. The molecule has 0 bridgehead atoms. The third-order valence-corrected chi connectivity index (χ3v) is 10.7. The highest BCUT2D eigenvalue weighted by atomic mass is 28.3. The number of benzene rings is 1. The Morgan fingerprint density at radius 1 is 1.14 bits per heavy atom. The zero-order chi connectivity index (χ0) is 15.7. The van der Waals surface area contributed by atoms with Crippen LogP contribution in [0, 0.1) is 11.8 Å². The summed E-state index contributed by atoms with van der Waals surface area (Å²) in [6.45, 7) is 6.73. The van der Waals surface area contributed by atoms with E-state index in [0.717, 1.165) is 23.7 Å². The smallest absolute Gasteiger partial charge is 0.306 e. The van der Waals surface area contributed by atoms with Crippen LogP contribution in [0.3, 0.4) is 0 Å². The lowest BCUT2D eigenvalue weighted by molar-refractivity contribution is -0.140. The first kappa shape index (κ1) is 17.5. The van der Waals surface area contributed by atoms with Crippen LogP contribution in [0.15, 0.2) is 30.3 Å². The monoisotopic (exact) mass is 302 g/mol. The highest BCUT2D eigenvalue weighted by molar-refractivity contribution is 6.81. The van der Waals surface area contributed by atoms with E-state index in [1.165, 1.54) is 7.11 Å². The van der Waals surface area contributed by atoms with Crippen molar-refractivity contribution in [2.45, 2.75) is 50.9 Å². The molecule has 0 saturated heterocycles. The molecular formula is C18H26O2Si. The maximum absolute atomic E-state index is 11.8. The number of ether oxygens (including phenoxy) is 1. The molecular weight excluding hydrogens is 276 g/mol. The van der Waals surface area contributed by atoms with Crippen LogP contribution >= 0.6 is 0 Å². The second-order valence-electron chi connectivity index (χ2n) is 5.39. The van der Waals surface area contributed by atoms with Crippen LogP contribution in [0.2, 0.25) is 23.7 Å². The van der Waals surface area contributed by atoms with Gasteiger partial charge in [-0.2, -0.15) is 0 Å². The number of methoxy groups -OCH3 is 1. The summed E-state index contributed by atoms with van der Waals surface area (Å²) in [5, 5.41) is 0. The summed E-state index contributed by atoms with van der Waals surface area (Å²) < 4.78 is 4.88. The fraction of sp³-hybridized carbons (Fsp3) is 0.500. The van der Waals surface area contributed by atoms with E-state index >= 15 is 0 Å². The number of hydrogen-bond acceptors (Lipinski definition) is 2. The maximum Gasteiger partial charge on any atom is 0.306 e. The molecule has 0 radical (unpaired) electrons. The molecule has 0 aliphatic carbocycles. The molecule has 3 heteroatoms. The number of hydrogen-bond donors (Lipinski definition) is 0. The van der Waals surface area contributed by atoms with Gasteiger partial charge in [0.2, 0.25) is 0 Å². The topological polar surface area (TPSA) is 26.3 Å². The summed E-state index contributed by atoms with van der Waals surface area (Å²) >= 11 is 0. The van der Waals surface area contributed by atoms with Gasteiger partial charge in [0, 0.05) is 11.1 Å². The minimum absolute atomic E-state index is 0.144. The van der Waals surface area contributed by atoms with Gasteiger partial charge in [0.05, 0.1) is 21.6 Å². The Labute approximate surface area is 129 Å². The Balaban J connectivity index is 3.08. The molecule has 0 heterocycles. The first-order valence-corrected chi connectivity index (χ1v) is 10.4. The van der Waals surface area contributed by atoms with E-state index in [9.17, 15) is 4.79 Å². The van der Waals surface area contributed by atoms with E-state index in [1.54, 1.807) is 0 Å². The predicted octanol–water partition coefficient (Wildman–Crippen LogP) is 4.48. The molecule has 1 atom stereocenters. The first-order chi connectivity index (χ1) is 10.1. The predicted molar refractivity (Wildman–Crippen MR) is 90.9 cm³/mol. The van der Waals surface area contributed by atoms with Gasteiger partial charge in [-0.25, -0.2) is 0 Å². The zero-order valence-electron chi connectivity index (χ0n) is 13.6. The van der Waals surface area contributed by atoms with Crippen molar-refractivity contribution in [1.82, 2.24) is 0 Å². The average Bonchev–Trinajstić information content (AvgIpc) is 2.55. The van der Waals surface area contributed by atoms with E-state index in [4.69, 9.17) is 4.74 Å². The molecule has 0 unspecified atom stereocenters. The Bertz CT molecular complexity index is 487. The standard InChI is InChI=1S/C18H26O2Si/c1-5-21(6-2,7-3)17(15-18(19)20-4)14-13-16-11-9-8-10-12-16/h8-12,17H,5-7,15H2,1-4H3/t17-/m0/s1. The van der Waals surface area contributed by atoms with Crippen molar-refractivity contribution in [3.05, 3.63) is 35.9 Å². The summed E-state index contributed by atoms with van der Waals surface area (Å²) in [5.74, 6) is 6.52. The molecule has 114 valence electrons. The van der Waals surface area contributed by atoms with Crippen molar-refractivity contribution in [3.8, 4) is 11.8 Å². The van der Waals surface area contributed by atoms with Crippen molar-refractivity contribution in [2.75, 3.05) is 7.11 Å². The van der Waals surface area contributed by atoms with Crippen molar-refractivity contribution in [2.24, 2.45) is 0 Å². The lowest BCUT2D eigenvalue weighted by Crippen LogP contribution is -2.38. The van der Waals surface area contributed by atoms with Gasteiger partial charge in [0.1, 0.15) is 0 Å². The van der Waals surface area contributed by atoms with Gasteiger partial charge >= 0.3 is 5.97 Å². The molecule has 0 aliphatic heterocycles. The Hall–Kier alpha value is -1.53. The molecule has 0 N–H and O–H groups in total. The SMILES string of the molecule is CC[Si](CC)(CC)[C@@H](C#Cc1ccccc1)CC(=O)OC. The summed E-state index contributed by atoms with van der Waals surface area (Å²) in [6, 6.07) is 13.5. The molecule has 0 spiro atoms. The molecule has 0 aliphatic rings. The third-order valence-electron chi connectivity index (χ3n) is 4.61. The van der Waals surface area contributed by atoms with Crippen LogP contribution in [-0.2, 0) is 9.53 Å². The molecule has 21 heavy (non-hydrogen) atoms. The van der Waals surface area contributed by atoms with E-state index < -0.39 is 8.07 Å². The first-order valence-electron chi connectivity index (χ1n) is 7.75. The Kier molecular flexibility index (Phi) is 7.25. The van der Waals surface area contributed by atoms with Crippen LogP contribution in [0.25, 0.3) is 0 Å². The van der Waals surface area contributed by atoms with Crippen molar-refractivity contribution >= 4 is 14.0 Å². The Morgan fingerprint density at radius 2 is 1.71 bits per heavy atom. The molecule has 0 amide bonds. The maximum atomic E-state index is 11.8. The molecule has 0 aromatic heterocycles. The van der Waals surface area contributed by atoms with Gasteiger partial charge in [-0.15, -0.1) is 0 Å². The number of esters is 1. The molecule has 1 aromatic carbocycles. The van der Waals surface area contributed by atoms with Crippen molar-refractivity contribution < 1.29 is 9.53 Å². The fourth-order valence-electron chi connectivity index (χ4n) is 2.85. The van der Waals surface area contributed by atoms with Crippen molar-refractivity contribution in [3.63, 3.8) is 0 Å². The third kappa shape index (κ3) is 4.75. The average molecular weight is 302 g/mol. The number of carbonyl (C=O) groups excluding carboxylic acids is 1. The second kappa shape index (κ2) is 8.69. The van der Waals surface area contributed by atoms with Gasteiger partial charge in [0.25, 0.3) is 0 Å². The number of carbonyl (C=O) groups is 1. The van der Waals surface area contributed by atoms with Crippen molar-refractivity contribution in [1.29, 1.82) is 0 Å². The fourth-order valence-corrected chi connectivity index (χ4v) is 6.81. The molecule has 1 rings (SSSR count). The van der Waals surface area contributed by atoms with Gasteiger partial charge in [-0.05, 0) is 12.1 Å². The highest BCUT2D eigenvalue weighted by Crippen LogP contribution is 2.35. The molecule has 0 fully saturated rings. The van der Waals surface area contributed by atoms with E-state index in [-0.39, 0.29) is 11.5 Å². The summed E-state index contributed by atoms with van der Waals surface area (Å²) in [4.78, 5) is 11.8. The molecule has 0 saturated carbocycles. The van der Waals surface area contributed by atoms with Gasteiger partial charge < -0.3 is 4.74 Å². The van der Waals surface area contributed by atoms with Crippen LogP contribution in [-0.4, -0.2) is 21.2 Å². The van der Waals surface area contributed by atoms with E-state index in [2.05, 4.69) is 32.6 Å². The van der Waals surface area contributed by atoms with Gasteiger partial charge in [0.15, 0.2) is 0 Å². The lowest BCUT2D eigenvalue weighted by atomic mass is 10.2. The van der Waals surface area contributed by atoms with Crippen LogP contribution in [0.5, 0.6) is 0 Å². The quantitative estimate of drug-likeness (QED) is 0.440. The van der Waals surface area contributed by atoms with Crippen LogP contribution < -0.4 is 0 Å². The lowest BCUT2D eigenvalue weighted by Gasteiger charge is -2.33. The summed E-state index contributed by atoms with van der Waals surface area (Å²) in [6.07, 6.45) is 0.429. The second-order valence-corrected chi connectivity index (χ2v) is 10.9. The van der Waals surface area contributed by atoms with Crippen LogP contribution in [0.1, 0.15) is 32.8 Å². The molecule has 1 aromatic rings. The van der Waals surface area contributed by atoms with E-state index in [1.807, 2.05) is 30.3 Å². The Morgan fingerprint density at radius 3 is 2.19 bits per heavy atom.